The topological polar surface area (TPSA) is 27.7 Å². The van der Waals surface area contributed by atoms with Gasteiger partial charge in [0.15, 0.2) is 0 Å². The van der Waals surface area contributed by atoms with Crippen molar-refractivity contribution in [2.45, 2.75) is 59.5 Å². The lowest BCUT2D eigenvalue weighted by molar-refractivity contribution is 0.0860. The van der Waals surface area contributed by atoms with Crippen LogP contribution in [0.5, 0.6) is 0 Å². The van der Waals surface area contributed by atoms with Crippen molar-refractivity contribution in [3.63, 3.8) is 0 Å². The van der Waals surface area contributed by atoms with Crippen LogP contribution < -0.4 is 0 Å². The van der Waals surface area contributed by atoms with E-state index in [2.05, 4.69) is 19.1 Å². The molecule has 0 aromatic carbocycles. The van der Waals surface area contributed by atoms with Crippen LogP contribution in [-0.2, 0) is 13.3 Å². The van der Waals surface area contributed by atoms with Crippen molar-refractivity contribution in [2.75, 3.05) is 13.2 Å². The van der Waals surface area contributed by atoms with Gasteiger partial charge < -0.3 is 13.3 Å². The second kappa shape index (κ2) is 12.3. The summed E-state index contributed by atoms with van der Waals surface area (Å²) in [4.78, 5) is 0. The normalized spacial score (nSPS) is 13.7. The van der Waals surface area contributed by atoms with Crippen molar-refractivity contribution in [1.82, 2.24) is 0 Å². The Morgan fingerprint density at radius 2 is 1.71 bits per heavy atom. The minimum atomic E-state index is -1.91. The van der Waals surface area contributed by atoms with Crippen molar-refractivity contribution in [3.8, 4) is 0 Å². The van der Waals surface area contributed by atoms with Crippen LogP contribution in [0.15, 0.2) is 12.2 Å². The number of hydrogen-bond acceptors (Lipinski definition) is 3. The highest BCUT2D eigenvalue weighted by Crippen LogP contribution is 2.04. The Hall–Kier alpha value is -0.163. The predicted molar refractivity (Wildman–Crippen MR) is 74.2 cm³/mol. The molecule has 0 saturated carbocycles. The molecular formula is C13H28O3Si. The van der Waals surface area contributed by atoms with Crippen LogP contribution in [0, 0.1) is 0 Å². The largest absolute Gasteiger partial charge is 0.484 e. The summed E-state index contributed by atoms with van der Waals surface area (Å²) in [6.45, 7) is 9.50. The quantitative estimate of drug-likeness (QED) is 0.324. The molecule has 0 aliphatic rings. The van der Waals surface area contributed by atoms with Crippen LogP contribution in [0.3, 0.4) is 0 Å². The van der Waals surface area contributed by atoms with Gasteiger partial charge in [0.2, 0.25) is 0 Å². The number of allylic oxidation sites excluding steroid dienone is 1. The SMILES string of the molecule is CCCCCC=CC(C)O[SiH](OCC)OCC. The smallest absolute Gasteiger partial charge is 0.376 e. The van der Waals surface area contributed by atoms with E-state index in [-0.39, 0.29) is 6.10 Å². The van der Waals surface area contributed by atoms with E-state index >= 15 is 0 Å². The van der Waals surface area contributed by atoms with Crippen LogP contribution >= 0.6 is 0 Å². The van der Waals surface area contributed by atoms with E-state index < -0.39 is 9.53 Å². The monoisotopic (exact) mass is 260 g/mol. The van der Waals surface area contributed by atoms with Gasteiger partial charge in [-0.1, -0.05) is 31.9 Å². The van der Waals surface area contributed by atoms with Crippen LogP contribution in [0.2, 0.25) is 0 Å². The number of unbranched alkanes of at least 4 members (excludes halogenated alkanes) is 3. The van der Waals surface area contributed by atoms with Crippen molar-refractivity contribution >= 4 is 9.53 Å². The minimum absolute atomic E-state index is 0.0893. The Kier molecular flexibility index (Phi) is 12.2. The van der Waals surface area contributed by atoms with Gasteiger partial charge in [0.05, 0.1) is 6.10 Å². The lowest BCUT2D eigenvalue weighted by Gasteiger charge is -2.17. The summed E-state index contributed by atoms with van der Waals surface area (Å²) in [5.41, 5.74) is 0. The standard InChI is InChI=1S/C13H28O3Si/c1-5-8-9-10-11-12-13(4)16-17(14-6-2)15-7-3/h11-13,17H,5-10H2,1-4H3. The number of rotatable bonds is 11. The molecule has 0 radical (unpaired) electrons. The molecule has 0 N–H and O–H groups in total. The van der Waals surface area contributed by atoms with Gasteiger partial charge in [-0.3, -0.25) is 0 Å². The third-order valence-electron chi connectivity index (χ3n) is 2.31. The molecule has 1 unspecified atom stereocenters. The fourth-order valence-corrected chi connectivity index (χ4v) is 2.66. The van der Waals surface area contributed by atoms with Crippen LogP contribution in [0.4, 0.5) is 0 Å². The molecule has 0 fully saturated rings. The van der Waals surface area contributed by atoms with Crippen LogP contribution in [0.1, 0.15) is 53.4 Å². The summed E-state index contributed by atoms with van der Waals surface area (Å²) in [7, 11) is -1.91. The van der Waals surface area contributed by atoms with Gasteiger partial charge in [0.25, 0.3) is 0 Å². The summed E-state index contributed by atoms with van der Waals surface area (Å²) in [5.74, 6) is 0. The molecular weight excluding hydrogens is 232 g/mol. The third kappa shape index (κ3) is 10.7. The Bertz CT molecular complexity index is 180. The second-order valence-corrected chi connectivity index (χ2v) is 5.48. The average molecular weight is 260 g/mol. The first-order valence-electron chi connectivity index (χ1n) is 6.79. The molecule has 0 rings (SSSR count). The Balaban J connectivity index is 3.75. The lowest BCUT2D eigenvalue weighted by atomic mass is 10.2. The van der Waals surface area contributed by atoms with Gasteiger partial charge in [-0.15, -0.1) is 0 Å². The van der Waals surface area contributed by atoms with Crippen molar-refractivity contribution in [3.05, 3.63) is 12.2 Å². The van der Waals surface area contributed by atoms with E-state index in [4.69, 9.17) is 13.3 Å². The molecule has 17 heavy (non-hydrogen) atoms. The summed E-state index contributed by atoms with van der Waals surface area (Å²) in [6.07, 6.45) is 9.36. The van der Waals surface area contributed by atoms with E-state index in [1.807, 2.05) is 20.8 Å². The van der Waals surface area contributed by atoms with Gasteiger partial charge in [-0.25, -0.2) is 0 Å². The fourth-order valence-electron chi connectivity index (χ4n) is 1.42. The summed E-state index contributed by atoms with van der Waals surface area (Å²) in [5, 5.41) is 0. The maximum Gasteiger partial charge on any atom is 0.484 e. The maximum absolute atomic E-state index is 5.75. The van der Waals surface area contributed by atoms with E-state index in [0.717, 1.165) is 6.42 Å². The van der Waals surface area contributed by atoms with Crippen molar-refractivity contribution in [1.29, 1.82) is 0 Å². The Labute approximate surface area is 108 Å². The first kappa shape index (κ1) is 16.8. The number of hydrogen-bond donors (Lipinski definition) is 0. The van der Waals surface area contributed by atoms with E-state index in [1.54, 1.807) is 0 Å². The van der Waals surface area contributed by atoms with E-state index in [1.165, 1.54) is 19.3 Å². The summed E-state index contributed by atoms with van der Waals surface area (Å²) in [6, 6.07) is 0. The average Bonchev–Trinajstić information content (AvgIpc) is 2.29. The highest BCUT2D eigenvalue weighted by Gasteiger charge is 2.15. The molecule has 0 aromatic rings. The molecule has 0 aliphatic heterocycles. The van der Waals surface area contributed by atoms with E-state index in [0.29, 0.717) is 13.2 Å². The molecule has 0 spiro atoms. The Morgan fingerprint density at radius 3 is 2.24 bits per heavy atom. The van der Waals surface area contributed by atoms with Crippen LogP contribution in [-0.4, -0.2) is 28.8 Å². The van der Waals surface area contributed by atoms with Gasteiger partial charge in [-0.05, 0) is 33.6 Å². The zero-order valence-corrected chi connectivity index (χ0v) is 12.9. The van der Waals surface area contributed by atoms with E-state index in [9.17, 15) is 0 Å². The Morgan fingerprint density at radius 1 is 1.06 bits per heavy atom. The minimum Gasteiger partial charge on any atom is -0.376 e. The molecule has 0 aromatic heterocycles. The molecule has 1 atom stereocenters. The molecule has 0 amide bonds. The fraction of sp³-hybridized carbons (Fsp3) is 0.846. The molecule has 0 saturated heterocycles. The second-order valence-electron chi connectivity index (χ2n) is 3.96. The molecule has 0 heterocycles. The summed E-state index contributed by atoms with van der Waals surface area (Å²) >= 11 is 0. The zero-order valence-electron chi connectivity index (χ0n) is 11.8. The molecule has 0 bridgehead atoms. The summed E-state index contributed by atoms with van der Waals surface area (Å²) < 4.78 is 16.7. The first-order chi connectivity index (χ1) is 8.24. The highest BCUT2D eigenvalue weighted by molar-refractivity contribution is 6.36. The zero-order chi connectivity index (χ0) is 12.9. The van der Waals surface area contributed by atoms with Gasteiger partial charge >= 0.3 is 9.53 Å². The molecule has 102 valence electrons. The first-order valence-corrected chi connectivity index (χ1v) is 8.21. The molecule has 3 nitrogen and oxygen atoms in total. The van der Waals surface area contributed by atoms with Gasteiger partial charge in [0, 0.05) is 13.2 Å². The predicted octanol–water partition coefficient (Wildman–Crippen LogP) is 3.32. The van der Waals surface area contributed by atoms with Gasteiger partial charge in [0.1, 0.15) is 0 Å². The van der Waals surface area contributed by atoms with Crippen molar-refractivity contribution in [2.24, 2.45) is 0 Å². The third-order valence-corrected chi connectivity index (χ3v) is 4.18. The van der Waals surface area contributed by atoms with Crippen LogP contribution in [0.25, 0.3) is 0 Å². The molecule has 4 heteroatoms. The lowest BCUT2D eigenvalue weighted by Crippen LogP contribution is -2.30. The van der Waals surface area contributed by atoms with Gasteiger partial charge in [-0.2, -0.15) is 0 Å². The highest BCUT2D eigenvalue weighted by atomic mass is 28.3. The van der Waals surface area contributed by atoms with Crippen molar-refractivity contribution < 1.29 is 13.3 Å². The maximum atomic E-state index is 5.75. The molecule has 0 aliphatic carbocycles.